The zero-order chi connectivity index (χ0) is 14.9. The number of rotatable bonds is 4. The standard InChI is InChI=1S/C14H16BrNO2S2/c1-10-4-5-14(12(15)8-10)20(17,18)16(3)9-13-11(2)6-7-19-13/h4-8H,9H2,1-3H3. The number of benzene rings is 1. The molecule has 6 heteroatoms. The summed E-state index contributed by atoms with van der Waals surface area (Å²) in [7, 11) is -1.87. The van der Waals surface area contributed by atoms with Gasteiger partial charge in [-0.15, -0.1) is 11.3 Å². The molecule has 0 spiro atoms. The van der Waals surface area contributed by atoms with Gasteiger partial charge < -0.3 is 0 Å². The van der Waals surface area contributed by atoms with E-state index in [0.717, 1.165) is 16.0 Å². The summed E-state index contributed by atoms with van der Waals surface area (Å²) >= 11 is 4.92. The van der Waals surface area contributed by atoms with Crippen LogP contribution < -0.4 is 0 Å². The highest BCUT2D eigenvalue weighted by molar-refractivity contribution is 9.10. The first kappa shape index (κ1) is 15.7. The first-order valence-electron chi connectivity index (χ1n) is 6.08. The SMILES string of the molecule is Cc1ccc(S(=O)(=O)N(C)Cc2sccc2C)c(Br)c1. The highest BCUT2D eigenvalue weighted by Crippen LogP contribution is 2.27. The lowest BCUT2D eigenvalue weighted by molar-refractivity contribution is 0.468. The minimum atomic E-state index is -3.49. The maximum Gasteiger partial charge on any atom is 0.244 e. The average molecular weight is 374 g/mol. The fourth-order valence-electron chi connectivity index (χ4n) is 1.84. The molecular formula is C14H16BrNO2S2. The molecule has 1 aromatic carbocycles. The van der Waals surface area contributed by atoms with Crippen LogP contribution in [0, 0.1) is 13.8 Å². The molecule has 0 saturated heterocycles. The Hall–Kier alpha value is -0.690. The smallest absolute Gasteiger partial charge is 0.207 e. The Bertz CT molecular complexity index is 723. The van der Waals surface area contributed by atoms with E-state index in [1.165, 1.54) is 4.31 Å². The van der Waals surface area contributed by atoms with Gasteiger partial charge >= 0.3 is 0 Å². The third kappa shape index (κ3) is 3.14. The molecule has 0 saturated carbocycles. The van der Waals surface area contributed by atoms with Crippen molar-refractivity contribution in [2.45, 2.75) is 25.3 Å². The van der Waals surface area contributed by atoms with Gasteiger partial charge in [0.1, 0.15) is 0 Å². The van der Waals surface area contributed by atoms with Gasteiger partial charge in [-0.25, -0.2) is 8.42 Å². The Balaban J connectivity index is 2.32. The van der Waals surface area contributed by atoms with Crippen LogP contribution in [0.1, 0.15) is 16.0 Å². The lowest BCUT2D eigenvalue weighted by atomic mass is 10.2. The molecule has 0 radical (unpaired) electrons. The molecule has 108 valence electrons. The van der Waals surface area contributed by atoms with Gasteiger partial charge in [-0.1, -0.05) is 6.07 Å². The summed E-state index contributed by atoms with van der Waals surface area (Å²) in [4.78, 5) is 1.37. The summed E-state index contributed by atoms with van der Waals surface area (Å²) in [6.45, 7) is 4.32. The molecule has 0 aliphatic carbocycles. The van der Waals surface area contributed by atoms with E-state index >= 15 is 0 Å². The lowest BCUT2D eigenvalue weighted by Crippen LogP contribution is -2.26. The topological polar surface area (TPSA) is 37.4 Å². The molecule has 0 aliphatic rings. The molecule has 2 rings (SSSR count). The molecule has 0 fully saturated rings. The molecule has 0 amide bonds. The molecule has 1 aromatic heterocycles. The molecule has 0 atom stereocenters. The fourth-order valence-corrected chi connectivity index (χ4v) is 5.16. The van der Waals surface area contributed by atoms with E-state index in [1.54, 1.807) is 24.5 Å². The molecule has 20 heavy (non-hydrogen) atoms. The van der Waals surface area contributed by atoms with Crippen LogP contribution in [0.25, 0.3) is 0 Å². The van der Waals surface area contributed by atoms with E-state index in [1.807, 2.05) is 37.4 Å². The van der Waals surface area contributed by atoms with Crippen LogP contribution >= 0.6 is 27.3 Å². The number of sulfonamides is 1. The predicted molar refractivity (Wildman–Crippen MR) is 86.6 cm³/mol. The monoisotopic (exact) mass is 373 g/mol. The van der Waals surface area contributed by atoms with Crippen molar-refractivity contribution in [1.29, 1.82) is 0 Å². The molecule has 2 aromatic rings. The lowest BCUT2D eigenvalue weighted by Gasteiger charge is -2.18. The van der Waals surface area contributed by atoms with Crippen molar-refractivity contribution < 1.29 is 8.42 Å². The Morgan fingerprint density at radius 2 is 1.95 bits per heavy atom. The van der Waals surface area contributed by atoms with Gasteiger partial charge in [0, 0.05) is 22.9 Å². The van der Waals surface area contributed by atoms with E-state index in [2.05, 4.69) is 15.9 Å². The fraction of sp³-hybridized carbons (Fsp3) is 0.286. The number of thiophene rings is 1. The van der Waals surface area contributed by atoms with Crippen molar-refractivity contribution in [2.24, 2.45) is 0 Å². The average Bonchev–Trinajstić information content (AvgIpc) is 2.74. The number of hydrogen-bond acceptors (Lipinski definition) is 3. The van der Waals surface area contributed by atoms with Crippen LogP contribution in [0.3, 0.4) is 0 Å². The molecule has 0 bridgehead atoms. The van der Waals surface area contributed by atoms with Crippen molar-refractivity contribution >= 4 is 37.3 Å². The Labute approximate surface area is 132 Å². The van der Waals surface area contributed by atoms with Crippen molar-refractivity contribution in [3.05, 3.63) is 50.1 Å². The van der Waals surface area contributed by atoms with E-state index in [4.69, 9.17) is 0 Å². The first-order chi connectivity index (χ1) is 9.32. The first-order valence-corrected chi connectivity index (χ1v) is 9.19. The summed E-state index contributed by atoms with van der Waals surface area (Å²) in [5, 5.41) is 1.98. The number of aryl methyl sites for hydroxylation is 2. The van der Waals surface area contributed by atoms with Gasteiger partial charge in [-0.3, -0.25) is 0 Å². The van der Waals surface area contributed by atoms with Gasteiger partial charge in [0.05, 0.1) is 4.90 Å². The van der Waals surface area contributed by atoms with Crippen molar-refractivity contribution in [3.63, 3.8) is 0 Å². The molecule has 1 heterocycles. The second-order valence-electron chi connectivity index (χ2n) is 4.72. The summed E-state index contributed by atoms with van der Waals surface area (Å²) in [6, 6.07) is 7.27. The van der Waals surface area contributed by atoms with Gasteiger partial charge in [0.15, 0.2) is 0 Å². The van der Waals surface area contributed by atoms with Gasteiger partial charge in [-0.2, -0.15) is 4.31 Å². The van der Waals surface area contributed by atoms with Gasteiger partial charge in [0.2, 0.25) is 10.0 Å². The minimum Gasteiger partial charge on any atom is -0.207 e. The number of nitrogens with zero attached hydrogens (tertiary/aromatic N) is 1. The normalized spacial score (nSPS) is 12.1. The molecule has 0 unspecified atom stereocenters. The van der Waals surface area contributed by atoms with Crippen molar-refractivity contribution in [1.82, 2.24) is 4.31 Å². The predicted octanol–water partition coefficient (Wildman–Crippen LogP) is 3.95. The maximum absolute atomic E-state index is 12.6. The molecule has 3 nitrogen and oxygen atoms in total. The van der Waals surface area contributed by atoms with Crippen LogP contribution in [0.15, 0.2) is 39.0 Å². The Kier molecular flexibility index (Phi) is 4.69. The van der Waals surface area contributed by atoms with Gasteiger partial charge in [0.25, 0.3) is 0 Å². The van der Waals surface area contributed by atoms with Crippen LogP contribution in [0.5, 0.6) is 0 Å². The van der Waals surface area contributed by atoms with E-state index < -0.39 is 10.0 Å². The quantitative estimate of drug-likeness (QED) is 0.813. The summed E-state index contributed by atoms with van der Waals surface area (Å²) in [5.74, 6) is 0. The van der Waals surface area contributed by atoms with E-state index in [9.17, 15) is 8.42 Å². The maximum atomic E-state index is 12.6. The summed E-state index contributed by atoms with van der Waals surface area (Å²) < 4.78 is 27.2. The zero-order valence-corrected chi connectivity index (χ0v) is 14.8. The van der Waals surface area contributed by atoms with Crippen LogP contribution in [-0.4, -0.2) is 19.8 Å². The van der Waals surface area contributed by atoms with Crippen molar-refractivity contribution in [3.8, 4) is 0 Å². The minimum absolute atomic E-state index is 0.305. The highest BCUT2D eigenvalue weighted by atomic mass is 79.9. The largest absolute Gasteiger partial charge is 0.244 e. The summed E-state index contributed by atoms with van der Waals surface area (Å²) in [5.41, 5.74) is 2.15. The number of hydrogen-bond donors (Lipinski definition) is 0. The van der Waals surface area contributed by atoms with Crippen LogP contribution in [0.4, 0.5) is 0 Å². The Morgan fingerprint density at radius 1 is 1.25 bits per heavy atom. The third-order valence-electron chi connectivity index (χ3n) is 3.11. The third-order valence-corrected chi connectivity index (χ3v) is 6.90. The molecular weight excluding hydrogens is 358 g/mol. The van der Waals surface area contributed by atoms with Crippen LogP contribution in [0.2, 0.25) is 0 Å². The number of halogens is 1. The van der Waals surface area contributed by atoms with Gasteiger partial charge in [-0.05, 0) is 64.5 Å². The second kappa shape index (κ2) is 5.97. The molecule has 0 aliphatic heterocycles. The van der Waals surface area contributed by atoms with E-state index in [0.29, 0.717) is 15.9 Å². The highest BCUT2D eigenvalue weighted by Gasteiger charge is 2.24. The molecule has 0 N–H and O–H groups in total. The Morgan fingerprint density at radius 3 is 2.50 bits per heavy atom. The second-order valence-corrected chi connectivity index (χ2v) is 8.59. The van der Waals surface area contributed by atoms with Crippen molar-refractivity contribution in [2.75, 3.05) is 7.05 Å². The van der Waals surface area contributed by atoms with E-state index in [-0.39, 0.29) is 0 Å². The van der Waals surface area contributed by atoms with Crippen LogP contribution in [-0.2, 0) is 16.6 Å². The zero-order valence-electron chi connectivity index (χ0n) is 11.6. The summed E-state index contributed by atoms with van der Waals surface area (Å²) in [6.07, 6.45) is 0.